The van der Waals surface area contributed by atoms with Crippen molar-refractivity contribution in [1.82, 2.24) is 0 Å². The van der Waals surface area contributed by atoms with Gasteiger partial charge in [0.25, 0.3) is 0 Å². The van der Waals surface area contributed by atoms with Crippen LogP contribution in [0.1, 0.15) is 24.5 Å². The van der Waals surface area contributed by atoms with Crippen molar-refractivity contribution in [3.8, 4) is 0 Å². The topological polar surface area (TPSA) is 26.0 Å². The molecule has 1 rings (SSSR count). The van der Waals surface area contributed by atoms with Gasteiger partial charge < -0.3 is 5.73 Å². The summed E-state index contributed by atoms with van der Waals surface area (Å²) < 4.78 is 0. The molecule has 0 aliphatic rings. The number of nitrogens with two attached hydrogens (primary N) is 1. The molecule has 14 heavy (non-hydrogen) atoms. The van der Waals surface area contributed by atoms with Gasteiger partial charge in [-0.1, -0.05) is 43.3 Å². The fourth-order valence-corrected chi connectivity index (χ4v) is 1.34. The molecule has 0 aliphatic carbocycles. The van der Waals surface area contributed by atoms with Gasteiger partial charge in [-0.2, -0.15) is 0 Å². The average Bonchev–Trinajstić information content (AvgIpc) is 2.25. The summed E-state index contributed by atoms with van der Waals surface area (Å²) in [4.78, 5) is 0. The third-order valence-electron chi connectivity index (χ3n) is 2.28. The van der Waals surface area contributed by atoms with Crippen LogP contribution in [0, 0.1) is 0 Å². The Kier molecular flexibility index (Phi) is 5.02. The molecule has 0 aromatic heterocycles. The Balaban J connectivity index is 2.43. The van der Waals surface area contributed by atoms with Crippen molar-refractivity contribution in [2.75, 3.05) is 6.54 Å². The van der Waals surface area contributed by atoms with E-state index in [0.29, 0.717) is 0 Å². The summed E-state index contributed by atoms with van der Waals surface area (Å²) in [6.07, 6.45) is 7.45. The summed E-state index contributed by atoms with van der Waals surface area (Å²) in [5.74, 6) is 0. The highest BCUT2D eigenvalue weighted by molar-refractivity contribution is 5.24. The van der Waals surface area contributed by atoms with E-state index in [1.54, 1.807) is 0 Å². The summed E-state index contributed by atoms with van der Waals surface area (Å²) in [6.45, 7) is 2.92. The maximum absolute atomic E-state index is 5.39. The molecule has 0 amide bonds. The summed E-state index contributed by atoms with van der Waals surface area (Å²) in [6, 6.07) is 8.80. The predicted molar refractivity (Wildman–Crippen MR) is 62.3 cm³/mol. The first-order valence-corrected chi connectivity index (χ1v) is 5.29. The van der Waals surface area contributed by atoms with Crippen molar-refractivity contribution in [2.45, 2.75) is 26.2 Å². The maximum Gasteiger partial charge on any atom is -0.00426 e. The molecule has 1 aromatic rings. The van der Waals surface area contributed by atoms with E-state index in [2.05, 4.69) is 43.3 Å². The van der Waals surface area contributed by atoms with Gasteiger partial charge in [-0.3, -0.25) is 0 Å². The highest BCUT2D eigenvalue weighted by atomic mass is 14.5. The number of rotatable bonds is 5. The van der Waals surface area contributed by atoms with Crippen LogP contribution in [0.5, 0.6) is 0 Å². The molecule has 76 valence electrons. The molecule has 0 aliphatic heterocycles. The van der Waals surface area contributed by atoms with Gasteiger partial charge in [-0.05, 0) is 36.9 Å². The Morgan fingerprint density at radius 2 is 1.71 bits per heavy atom. The lowest BCUT2D eigenvalue weighted by Crippen LogP contribution is -1.95. The van der Waals surface area contributed by atoms with Crippen LogP contribution in [-0.2, 0) is 12.8 Å². The molecule has 0 bridgehead atoms. The third kappa shape index (κ3) is 3.75. The predicted octanol–water partition coefficient (Wildman–Crippen LogP) is 2.70. The van der Waals surface area contributed by atoms with E-state index >= 15 is 0 Å². The van der Waals surface area contributed by atoms with Gasteiger partial charge in [-0.25, -0.2) is 0 Å². The molecule has 0 unspecified atom stereocenters. The molecular weight excluding hydrogens is 170 g/mol. The summed E-state index contributed by atoms with van der Waals surface area (Å²) >= 11 is 0. The van der Waals surface area contributed by atoms with E-state index in [4.69, 9.17) is 5.73 Å². The molecule has 0 atom stereocenters. The first kappa shape index (κ1) is 11.0. The van der Waals surface area contributed by atoms with Crippen molar-refractivity contribution < 1.29 is 0 Å². The minimum absolute atomic E-state index is 0.741. The number of hydrogen-bond donors (Lipinski definition) is 1. The van der Waals surface area contributed by atoms with Crippen molar-refractivity contribution in [3.63, 3.8) is 0 Å². The van der Waals surface area contributed by atoms with Crippen molar-refractivity contribution >= 4 is 0 Å². The third-order valence-corrected chi connectivity index (χ3v) is 2.28. The molecule has 1 aromatic carbocycles. The van der Waals surface area contributed by atoms with Gasteiger partial charge in [0.15, 0.2) is 0 Å². The molecule has 0 radical (unpaired) electrons. The smallest absolute Gasteiger partial charge is 0.00426 e. The first-order chi connectivity index (χ1) is 6.86. The standard InChI is InChI=1S/C13H19N/c1-2-12-7-9-13(10-8-12)6-4-3-5-11-14/h3-4,7-10H,2,5-6,11,14H2,1H3. The van der Waals surface area contributed by atoms with Crippen molar-refractivity contribution in [2.24, 2.45) is 5.73 Å². The van der Waals surface area contributed by atoms with E-state index in [1.165, 1.54) is 11.1 Å². The van der Waals surface area contributed by atoms with E-state index in [-0.39, 0.29) is 0 Å². The van der Waals surface area contributed by atoms with Gasteiger partial charge in [-0.15, -0.1) is 0 Å². The Morgan fingerprint density at radius 3 is 2.29 bits per heavy atom. The first-order valence-electron chi connectivity index (χ1n) is 5.29. The molecule has 0 fully saturated rings. The van der Waals surface area contributed by atoms with Crippen LogP contribution in [0.25, 0.3) is 0 Å². The van der Waals surface area contributed by atoms with Crippen LogP contribution in [0.4, 0.5) is 0 Å². The second-order valence-corrected chi connectivity index (χ2v) is 3.42. The minimum Gasteiger partial charge on any atom is -0.330 e. The molecule has 0 saturated heterocycles. The van der Waals surface area contributed by atoms with Crippen LogP contribution >= 0.6 is 0 Å². The molecule has 0 saturated carbocycles. The number of allylic oxidation sites excluding steroid dienone is 1. The molecule has 1 heteroatoms. The monoisotopic (exact) mass is 189 g/mol. The fraction of sp³-hybridized carbons (Fsp3) is 0.385. The van der Waals surface area contributed by atoms with E-state index in [9.17, 15) is 0 Å². The Hall–Kier alpha value is -1.08. The number of aryl methyl sites for hydroxylation is 1. The molecule has 1 nitrogen and oxygen atoms in total. The van der Waals surface area contributed by atoms with E-state index in [1.807, 2.05) is 0 Å². The molecule has 0 heterocycles. The quantitative estimate of drug-likeness (QED) is 0.708. The Morgan fingerprint density at radius 1 is 1.07 bits per heavy atom. The fourth-order valence-electron chi connectivity index (χ4n) is 1.34. The highest BCUT2D eigenvalue weighted by Gasteiger charge is 1.90. The second-order valence-electron chi connectivity index (χ2n) is 3.42. The maximum atomic E-state index is 5.39. The van der Waals surface area contributed by atoms with Crippen LogP contribution in [-0.4, -0.2) is 6.54 Å². The SMILES string of the molecule is CCc1ccc(CC=CCCN)cc1. The lowest BCUT2D eigenvalue weighted by Gasteiger charge is -1.98. The Bertz CT molecular complexity index is 272. The molecular formula is C13H19N. The number of benzene rings is 1. The van der Waals surface area contributed by atoms with Gasteiger partial charge in [0.1, 0.15) is 0 Å². The van der Waals surface area contributed by atoms with Gasteiger partial charge >= 0.3 is 0 Å². The highest BCUT2D eigenvalue weighted by Crippen LogP contribution is 2.06. The minimum atomic E-state index is 0.741. The summed E-state index contributed by atoms with van der Waals surface area (Å²) in [5.41, 5.74) is 8.17. The van der Waals surface area contributed by atoms with E-state index < -0.39 is 0 Å². The second kappa shape index (κ2) is 6.39. The van der Waals surface area contributed by atoms with Gasteiger partial charge in [0.05, 0.1) is 0 Å². The van der Waals surface area contributed by atoms with Crippen molar-refractivity contribution in [1.29, 1.82) is 0 Å². The number of hydrogen-bond acceptors (Lipinski definition) is 1. The van der Waals surface area contributed by atoms with Crippen LogP contribution < -0.4 is 5.73 Å². The zero-order valence-electron chi connectivity index (χ0n) is 8.87. The van der Waals surface area contributed by atoms with E-state index in [0.717, 1.165) is 25.8 Å². The zero-order valence-corrected chi connectivity index (χ0v) is 8.87. The Labute approximate surface area is 86.6 Å². The average molecular weight is 189 g/mol. The lowest BCUT2D eigenvalue weighted by molar-refractivity contribution is 1.00. The van der Waals surface area contributed by atoms with Crippen LogP contribution in [0.15, 0.2) is 36.4 Å². The molecule has 0 spiro atoms. The van der Waals surface area contributed by atoms with Crippen molar-refractivity contribution in [3.05, 3.63) is 47.5 Å². The van der Waals surface area contributed by atoms with Gasteiger partial charge in [0.2, 0.25) is 0 Å². The largest absolute Gasteiger partial charge is 0.330 e. The summed E-state index contributed by atoms with van der Waals surface area (Å²) in [5, 5.41) is 0. The molecule has 2 N–H and O–H groups in total. The summed E-state index contributed by atoms with van der Waals surface area (Å²) in [7, 11) is 0. The zero-order chi connectivity index (χ0) is 10.2. The lowest BCUT2D eigenvalue weighted by atomic mass is 10.1. The van der Waals surface area contributed by atoms with Crippen LogP contribution in [0.3, 0.4) is 0 Å². The van der Waals surface area contributed by atoms with Gasteiger partial charge in [0, 0.05) is 0 Å². The van der Waals surface area contributed by atoms with Crippen LogP contribution in [0.2, 0.25) is 0 Å². The normalized spacial score (nSPS) is 11.0.